The van der Waals surface area contributed by atoms with Crippen molar-refractivity contribution in [2.45, 2.75) is 84.3 Å². The first-order chi connectivity index (χ1) is 13.5. The molecule has 0 aromatic carbocycles. The van der Waals surface area contributed by atoms with Crippen molar-refractivity contribution in [1.82, 2.24) is 9.55 Å². The molecule has 4 nitrogen and oxygen atoms in total. The molecule has 1 heterocycles. The first-order valence-corrected chi connectivity index (χ1v) is 11.6. The predicted octanol–water partition coefficient (Wildman–Crippen LogP) is 4.88. The van der Waals surface area contributed by atoms with Crippen LogP contribution in [0.25, 0.3) is 0 Å². The van der Waals surface area contributed by atoms with Crippen LogP contribution in [0.2, 0.25) is 0 Å². The maximum absolute atomic E-state index is 12.6. The van der Waals surface area contributed by atoms with Gasteiger partial charge >= 0.3 is 0 Å². The van der Waals surface area contributed by atoms with E-state index in [1.807, 2.05) is 18.7 Å². The SMILES string of the molecule is CC12CCC3C(CCC4CC(OCCn5ccnc5)CCC43C)C1CCC2=O. The molecule has 0 amide bonds. The predicted molar refractivity (Wildman–Crippen MR) is 109 cm³/mol. The molecule has 7 atom stereocenters. The largest absolute Gasteiger partial charge is 0.376 e. The molecule has 5 rings (SSSR count). The van der Waals surface area contributed by atoms with Gasteiger partial charge in [-0.2, -0.15) is 0 Å². The number of Topliss-reactive ketones (excluding diaryl/α,β-unsaturated/α-hetero) is 1. The van der Waals surface area contributed by atoms with Crippen LogP contribution in [-0.4, -0.2) is 28.0 Å². The number of rotatable bonds is 4. The summed E-state index contributed by atoms with van der Waals surface area (Å²) >= 11 is 0. The second kappa shape index (κ2) is 6.97. The van der Waals surface area contributed by atoms with Crippen LogP contribution in [0.15, 0.2) is 18.7 Å². The second-order valence-electron chi connectivity index (χ2n) is 10.6. The Labute approximate surface area is 169 Å². The molecule has 4 fully saturated rings. The van der Waals surface area contributed by atoms with Gasteiger partial charge in [-0.15, -0.1) is 0 Å². The molecule has 7 unspecified atom stereocenters. The fourth-order valence-corrected chi connectivity index (χ4v) is 7.88. The molecule has 4 aliphatic rings. The van der Waals surface area contributed by atoms with E-state index in [2.05, 4.69) is 23.4 Å². The van der Waals surface area contributed by atoms with Crippen LogP contribution in [-0.2, 0) is 16.1 Å². The Hall–Kier alpha value is -1.16. The lowest BCUT2D eigenvalue weighted by atomic mass is 9.45. The molecule has 0 N–H and O–H groups in total. The van der Waals surface area contributed by atoms with Crippen molar-refractivity contribution in [2.75, 3.05) is 6.61 Å². The van der Waals surface area contributed by atoms with Crippen LogP contribution >= 0.6 is 0 Å². The smallest absolute Gasteiger partial charge is 0.139 e. The van der Waals surface area contributed by atoms with Crippen LogP contribution in [0.4, 0.5) is 0 Å². The number of ether oxygens (including phenoxy) is 1. The average Bonchev–Trinajstić information content (AvgIpc) is 3.30. The number of ketones is 1. The van der Waals surface area contributed by atoms with Crippen LogP contribution < -0.4 is 0 Å². The summed E-state index contributed by atoms with van der Waals surface area (Å²) in [6.45, 7) is 6.58. The summed E-state index contributed by atoms with van der Waals surface area (Å²) in [6, 6.07) is 0. The quantitative estimate of drug-likeness (QED) is 0.743. The van der Waals surface area contributed by atoms with E-state index in [1.54, 1.807) is 0 Å². The maximum Gasteiger partial charge on any atom is 0.139 e. The summed E-state index contributed by atoms with van der Waals surface area (Å²) in [7, 11) is 0. The van der Waals surface area contributed by atoms with E-state index in [-0.39, 0.29) is 5.41 Å². The van der Waals surface area contributed by atoms with Crippen molar-refractivity contribution in [3.05, 3.63) is 18.7 Å². The monoisotopic (exact) mass is 384 g/mol. The lowest BCUT2D eigenvalue weighted by Gasteiger charge is -2.60. The van der Waals surface area contributed by atoms with E-state index in [1.165, 1.54) is 38.5 Å². The Balaban J connectivity index is 1.23. The molecular weight excluding hydrogens is 348 g/mol. The molecule has 28 heavy (non-hydrogen) atoms. The summed E-state index contributed by atoms with van der Waals surface area (Å²) in [6.07, 6.45) is 17.0. The lowest BCUT2D eigenvalue weighted by Crippen LogP contribution is -2.54. The standard InChI is InChI=1S/C24H36N2O2/c1-23-9-7-18(28-14-13-26-12-11-25-16-26)15-17(23)3-4-19-20-5-6-22(27)24(20,2)10-8-21(19)23/h11-12,16-21H,3-10,13-15H2,1-2H3. The minimum atomic E-state index is 0.0119. The summed E-state index contributed by atoms with van der Waals surface area (Å²) in [5.74, 6) is 3.67. The van der Waals surface area contributed by atoms with Crippen molar-refractivity contribution in [3.63, 3.8) is 0 Å². The van der Waals surface area contributed by atoms with Gasteiger partial charge in [0.05, 0.1) is 19.0 Å². The number of carbonyl (C=O) groups is 1. The molecule has 0 bridgehead atoms. The van der Waals surface area contributed by atoms with Gasteiger partial charge in [0.2, 0.25) is 0 Å². The van der Waals surface area contributed by atoms with Gasteiger partial charge in [0.25, 0.3) is 0 Å². The molecule has 4 aliphatic carbocycles. The number of imidazole rings is 1. The molecule has 1 aromatic heterocycles. The molecule has 0 saturated heterocycles. The minimum Gasteiger partial charge on any atom is -0.376 e. The number of carbonyl (C=O) groups excluding carboxylic acids is 1. The van der Waals surface area contributed by atoms with Gasteiger partial charge in [0.1, 0.15) is 5.78 Å². The van der Waals surface area contributed by atoms with Gasteiger partial charge in [-0.1, -0.05) is 13.8 Å². The maximum atomic E-state index is 12.6. The third kappa shape index (κ3) is 2.89. The average molecular weight is 385 g/mol. The van der Waals surface area contributed by atoms with Crippen molar-refractivity contribution < 1.29 is 9.53 Å². The lowest BCUT2D eigenvalue weighted by molar-refractivity contribution is -0.145. The highest BCUT2D eigenvalue weighted by atomic mass is 16.5. The van der Waals surface area contributed by atoms with Crippen LogP contribution in [0, 0.1) is 34.5 Å². The zero-order valence-electron chi connectivity index (χ0n) is 17.6. The Morgan fingerprint density at radius 3 is 2.86 bits per heavy atom. The molecule has 4 heteroatoms. The van der Waals surface area contributed by atoms with Gasteiger partial charge in [-0.05, 0) is 80.5 Å². The third-order valence-corrected chi connectivity index (χ3v) is 9.59. The molecule has 0 spiro atoms. The zero-order chi connectivity index (χ0) is 19.4. The summed E-state index contributed by atoms with van der Waals surface area (Å²) < 4.78 is 8.39. The summed E-state index contributed by atoms with van der Waals surface area (Å²) in [5, 5.41) is 0. The van der Waals surface area contributed by atoms with E-state index < -0.39 is 0 Å². The van der Waals surface area contributed by atoms with Crippen LogP contribution in [0.1, 0.15) is 71.6 Å². The highest BCUT2D eigenvalue weighted by Crippen LogP contribution is 2.65. The highest BCUT2D eigenvalue weighted by Gasteiger charge is 2.60. The highest BCUT2D eigenvalue weighted by molar-refractivity contribution is 5.87. The Kier molecular flexibility index (Phi) is 4.69. The van der Waals surface area contributed by atoms with Gasteiger partial charge in [-0.3, -0.25) is 4.79 Å². The number of hydrogen-bond acceptors (Lipinski definition) is 3. The van der Waals surface area contributed by atoms with Crippen molar-refractivity contribution >= 4 is 5.78 Å². The number of aromatic nitrogens is 2. The normalized spacial score (nSPS) is 45.4. The number of nitrogens with zero attached hydrogens (tertiary/aromatic N) is 2. The van der Waals surface area contributed by atoms with Crippen molar-refractivity contribution in [2.24, 2.45) is 34.5 Å². The van der Waals surface area contributed by atoms with E-state index in [4.69, 9.17) is 4.74 Å². The zero-order valence-corrected chi connectivity index (χ0v) is 17.6. The van der Waals surface area contributed by atoms with E-state index in [0.29, 0.717) is 23.2 Å². The van der Waals surface area contributed by atoms with Crippen LogP contribution in [0.5, 0.6) is 0 Å². The Bertz CT molecular complexity index is 716. The van der Waals surface area contributed by atoms with E-state index >= 15 is 0 Å². The van der Waals surface area contributed by atoms with E-state index in [0.717, 1.165) is 50.2 Å². The first kappa shape index (κ1) is 18.8. The van der Waals surface area contributed by atoms with Gasteiger partial charge in [0.15, 0.2) is 0 Å². The second-order valence-corrected chi connectivity index (χ2v) is 10.6. The van der Waals surface area contributed by atoms with Crippen molar-refractivity contribution in [1.29, 1.82) is 0 Å². The number of fused-ring (bicyclic) bond motifs is 5. The molecule has 0 aliphatic heterocycles. The van der Waals surface area contributed by atoms with Gasteiger partial charge in [0, 0.05) is 30.8 Å². The Morgan fingerprint density at radius 1 is 1.14 bits per heavy atom. The molecule has 4 saturated carbocycles. The molecular formula is C24H36N2O2. The minimum absolute atomic E-state index is 0.0119. The fraction of sp³-hybridized carbons (Fsp3) is 0.833. The van der Waals surface area contributed by atoms with Crippen molar-refractivity contribution in [3.8, 4) is 0 Å². The topological polar surface area (TPSA) is 44.1 Å². The molecule has 0 radical (unpaired) electrons. The number of hydrogen-bond donors (Lipinski definition) is 0. The fourth-order valence-electron chi connectivity index (χ4n) is 7.88. The first-order valence-electron chi connectivity index (χ1n) is 11.6. The van der Waals surface area contributed by atoms with Gasteiger partial charge in [-0.25, -0.2) is 4.98 Å². The molecule has 1 aromatic rings. The summed E-state index contributed by atoms with van der Waals surface area (Å²) in [5.41, 5.74) is 0.484. The Morgan fingerprint density at radius 2 is 2.04 bits per heavy atom. The molecule has 154 valence electrons. The van der Waals surface area contributed by atoms with E-state index in [9.17, 15) is 4.79 Å². The van der Waals surface area contributed by atoms with Crippen LogP contribution in [0.3, 0.4) is 0 Å². The summed E-state index contributed by atoms with van der Waals surface area (Å²) in [4.78, 5) is 16.7. The van der Waals surface area contributed by atoms with Gasteiger partial charge < -0.3 is 9.30 Å². The third-order valence-electron chi connectivity index (χ3n) is 9.59.